The van der Waals surface area contributed by atoms with Crippen LogP contribution in [0.4, 0.5) is 34.1 Å². The Balaban J connectivity index is 1.15. The SMILES string of the molecule is c1ccc(-c2cc3ccccc3cc2-c2ccc3c(c2)c(-c2ccccc2)c(-c2ccccc2)c2cc(N4c5ccccc5N(c5ccccc5)c5ccccc54)ccc23)cc1. The van der Waals surface area contributed by atoms with Crippen LogP contribution in [0.1, 0.15) is 0 Å². The maximum absolute atomic E-state index is 2.45. The normalized spacial score (nSPS) is 12.1. The van der Waals surface area contributed by atoms with E-state index < -0.39 is 0 Å². The number of anilines is 6. The number of hydrogen-bond acceptors (Lipinski definition) is 2. The van der Waals surface area contributed by atoms with Gasteiger partial charge in [0.2, 0.25) is 0 Å². The van der Waals surface area contributed by atoms with Crippen molar-refractivity contribution in [2.75, 3.05) is 9.80 Å². The van der Waals surface area contributed by atoms with Crippen molar-refractivity contribution in [2.24, 2.45) is 0 Å². The molecule has 1 aliphatic rings. The summed E-state index contributed by atoms with van der Waals surface area (Å²) in [6, 6.07) is 88.7. The number of rotatable bonds is 6. The van der Waals surface area contributed by atoms with E-state index in [1.807, 2.05) is 0 Å². The highest BCUT2D eigenvalue weighted by Gasteiger charge is 2.31. The molecule has 0 saturated heterocycles. The van der Waals surface area contributed by atoms with Gasteiger partial charge in [-0.15, -0.1) is 0 Å². The lowest BCUT2D eigenvalue weighted by Gasteiger charge is -2.40. The van der Waals surface area contributed by atoms with Crippen LogP contribution in [0.2, 0.25) is 0 Å². The number of benzene rings is 11. The van der Waals surface area contributed by atoms with E-state index in [1.165, 1.54) is 76.8 Å². The van der Waals surface area contributed by atoms with Crippen molar-refractivity contribution >= 4 is 66.4 Å². The Hall–Kier alpha value is -8.20. The van der Waals surface area contributed by atoms with E-state index in [9.17, 15) is 0 Å². The first-order chi connectivity index (χ1) is 30.8. The molecular formula is C60H40N2. The first kappa shape index (κ1) is 35.7. The quantitative estimate of drug-likeness (QED) is 0.155. The predicted octanol–water partition coefficient (Wildman–Crippen LogP) is 17.1. The highest BCUT2D eigenvalue weighted by Crippen LogP contribution is 2.55. The number of hydrogen-bond donors (Lipinski definition) is 0. The molecule has 290 valence electrons. The van der Waals surface area contributed by atoms with Crippen molar-refractivity contribution in [2.45, 2.75) is 0 Å². The summed E-state index contributed by atoms with van der Waals surface area (Å²) in [7, 11) is 0. The molecule has 0 saturated carbocycles. The maximum Gasteiger partial charge on any atom is 0.0703 e. The van der Waals surface area contributed by atoms with E-state index in [1.54, 1.807) is 0 Å². The summed E-state index contributed by atoms with van der Waals surface area (Å²) in [4.78, 5) is 4.83. The van der Waals surface area contributed by atoms with Crippen molar-refractivity contribution in [3.8, 4) is 44.5 Å². The zero-order chi connectivity index (χ0) is 41.0. The molecule has 0 bridgehead atoms. The number of fused-ring (bicyclic) bond motifs is 6. The van der Waals surface area contributed by atoms with Crippen LogP contribution in [0.5, 0.6) is 0 Å². The molecule has 0 unspecified atom stereocenters. The molecule has 1 aliphatic heterocycles. The first-order valence-corrected chi connectivity index (χ1v) is 21.3. The smallest absolute Gasteiger partial charge is 0.0703 e. The molecule has 2 heteroatoms. The fourth-order valence-corrected chi connectivity index (χ4v) is 9.76. The second kappa shape index (κ2) is 14.8. The molecule has 0 aliphatic carbocycles. The standard InChI is InChI=1S/C60H40N2/c1-5-19-41(20-6-1)51-37-44-25-13-14-26-45(44)38-52(51)46-33-35-49-50-36-34-48(40-54(50)60(43-23-9-3-10-24-43)59(53(49)39-46)42-21-7-2-8-22-42)62-57-31-17-15-29-55(57)61(47-27-11-4-12-28-47)56-30-16-18-32-58(56)62/h1-40H. The van der Waals surface area contributed by atoms with Crippen molar-refractivity contribution in [3.63, 3.8) is 0 Å². The van der Waals surface area contributed by atoms with Crippen molar-refractivity contribution in [3.05, 3.63) is 243 Å². The van der Waals surface area contributed by atoms with Gasteiger partial charge >= 0.3 is 0 Å². The molecule has 0 aromatic heterocycles. The fourth-order valence-electron chi connectivity index (χ4n) is 9.76. The maximum atomic E-state index is 2.45. The summed E-state index contributed by atoms with van der Waals surface area (Å²) in [6.07, 6.45) is 0. The van der Waals surface area contributed by atoms with Gasteiger partial charge in [-0.05, 0) is 144 Å². The van der Waals surface area contributed by atoms with Gasteiger partial charge in [-0.3, -0.25) is 0 Å². The Kier molecular flexibility index (Phi) is 8.53. The monoisotopic (exact) mass is 788 g/mol. The summed E-state index contributed by atoms with van der Waals surface area (Å²) in [6.45, 7) is 0. The highest BCUT2D eigenvalue weighted by molar-refractivity contribution is 6.23. The molecule has 0 radical (unpaired) electrons. The van der Waals surface area contributed by atoms with Crippen LogP contribution in [-0.2, 0) is 0 Å². The van der Waals surface area contributed by atoms with Crippen molar-refractivity contribution in [1.29, 1.82) is 0 Å². The van der Waals surface area contributed by atoms with Gasteiger partial charge in [0.1, 0.15) is 0 Å². The molecule has 62 heavy (non-hydrogen) atoms. The topological polar surface area (TPSA) is 6.48 Å². The van der Waals surface area contributed by atoms with E-state index >= 15 is 0 Å². The first-order valence-electron chi connectivity index (χ1n) is 21.3. The second-order valence-corrected chi connectivity index (χ2v) is 16.1. The second-order valence-electron chi connectivity index (χ2n) is 16.1. The third-order valence-electron chi connectivity index (χ3n) is 12.5. The minimum absolute atomic E-state index is 1.11. The molecule has 12 rings (SSSR count). The molecule has 1 heterocycles. The van der Waals surface area contributed by atoms with Gasteiger partial charge < -0.3 is 9.80 Å². The van der Waals surface area contributed by atoms with Crippen LogP contribution < -0.4 is 9.80 Å². The molecule has 2 nitrogen and oxygen atoms in total. The summed E-state index contributed by atoms with van der Waals surface area (Å²) >= 11 is 0. The van der Waals surface area contributed by atoms with Crippen LogP contribution in [0.3, 0.4) is 0 Å². The molecule has 11 aromatic carbocycles. The molecule has 0 fully saturated rings. The largest absolute Gasteiger partial charge is 0.306 e. The Bertz CT molecular complexity index is 3400. The fraction of sp³-hybridized carbons (Fsp3) is 0. The molecular weight excluding hydrogens is 749 g/mol. The lowest BCUT2D eigenvalue weighted by molar-refractivity contribution is 1.17. The van der Waals surface area contributed by atoms with Crippen LogP contribution in [0.25, 0.3) is 76.8 Å². The zero-order valence-corrected chi connectivity index (χ0v) is 34.0. The van der Waals surface area contributed by atoms with E-state index in [-0.39, 0.29) is 0 Å². The lowest BCUT2D eigenvalue weighted by atomic mass is 9.83. The van der Waals surface area contributed by atoms with E-state index in [2.05, 4.69) is 252 Å². The molecule has 0 amide bonds. The Morgan fingerprint density at radius 2 is 0.613 bits per heavy atom. The van der Waals surface area contributed by atoms with Crippen molar-refractivity contribution in [1.82, 2.24) is 0 Å². The summed E-state index contributed by atoms with van der Waals surface area (Å²) < 4.78 is 0. The average Bonchev–Trinajstić information content (AvgIpc) is 3.35. The van der Waals surface area contributed by atoms with Gasteiger partial charge in [-0.1, -0.05) is 176 Å². The van der Waals surface area contributed by atoms with E-state index in [4.69, 9.17) is 0 Å². The Morgan fingerprint density at radius 1 is 0.226 bits per heavy atom. The van der Waals surface area contributed by atoms with Crippen LogP contribution >= 0.6 is 0 Å². The summed E-state index contributed by atoms with van der Waals surface area (Å²) in [5.41, 5.74) is 16.5. The highest BCUT2D eigenvalue weighted by atomic mass is 15.3. The molecule has 11 aromatic rings. The van der Waals surface area contributed by atoms with Crippen LogP contribution in [0.15, 0.2) is 243 Å². The van der Waals surface area contributed by atoms with Crippen LogP contribution in [0, 0.1) is 0 Å². The van der Waals surface area contributed by atoms with Gasteiger partial charge in [-0.2, -0.15) is 0 Å². The molecule has 0 N–H and O–H groups in total. The number of nitrogens with zero attached hydrogens (tertiary/aromatic N) is 2. The van der Waals surface area contributed by atoms with Crippen LogP contribution in [-0.4, -0.2) is 0 Å². The minimum atomic E-state index is 1.11. The Morgan fingerprint density at radius 3 is 1.13 bits per heavy atom. The lowest BCUT2D eigenvalue weighted by Crippen LogP contribution is -2.23. The van der Waals surface area contributed by atoms with E-state index in [0.29, 0.717) is 0 Å². The van der Waals surface area contributed by atoms with Gasteiger partial charge in [0, 0.05) is 11.4 Å². The Labute approximate surface area is 361 Å². The van der Waals surface area contributed by atoms with Gasteiger partial charge in [0.05, 0.1) is 22.7 Å². The number of para-hydroxylation sites is 5. The third-order valence-corrected chi connectivity index (χ3v) is 12.5. The van der Waals surface area contributed by atoms with E-state index in [0.717, 1.165) is 34.1 Å². The summed E-state index contributed by atoms with van der Waals surface area (Å²) in [5, 5.41) is 7.36. The zero-order valence-electron chi connectivity index (χ0n) is 34.0. The minimum Gasteiger partial charge on any atom is -0.306 e. The molecule has 0 atom stereocenters. The van der Waals surface area contributed by atoms with Gasteiger partial charge in [0.15, 0.2) is 0 Å². The predicted molar refractivity (Wildman–Crippen MR) is 264 cm³/mol. The van der Waals surface area contributed by atoms with Crippen molar-refractivity contribution < 1.29 is 0 Å². The summed E-state index contributed by atoms with van der Waals surface area (Å²) in [5.74, 6) is 0. The average molecular weight is 789 g/mol. The molecule has 0 spiro atoms. The van der Waals surface area contributed by atoms with Gasteiger partial charge in [0.25, 0.3) is 0 Å². The third kappa shape index (κ3) is 5.88. The van der Waals surface area contributed by atoms with Gasteiger partial charge in [-0.25, -0.2) is 0 Å².